The highest BCUT2D eigenvalue weighted by molar-refractivity contribution is 6.74. The van der Waals surface area contributed by atoms with Crippen molar-refractivity contribution in [3.63, 3.8) is 0 Å². The molecule has 1 aliphatic heterocycles. The fraction of sp³-hybridized carbons (Fsp3) is 0.900. The number of hydrogen-bond donors (Lipinski definition) is 1. The van der Waals surface area contributed by atoms with Crippen LogP contribution in [-0.4, -0.2) is 57.8 Å². The molecule has 48 heavy (non-hydrogen) atoms. The van der Waals surface area contributed by atoms with Gasteiger partial charge >= 0.3 is 0 Å². The number of ether oxygens (including phenoxy) is 3. The van der Waals surface area contributed by atoms with E-state index in [4.69, 9.17) is 18.6 Å². The molecule has 1 N–H and O–H groups in total. The number of allylic oxidation sites excluding steroid dienone is 1. The zero-order valence-electron chi connectivity index (χ0n) is 32.8. The molecule has 1 saturated heterocycles. The maximum atomic E-state index is 13.3. The normalized spacial score (nSPS) is 21.9. The third kappa shape index (κ3) is 18.7. The molecule has 0 spiro atoms. The minimum absolute atomic E-state index is 0.0109. The van der Waals surface area contributed by atoms with Gasteiger partial charge in [-0.15, -0.1) is 0 Å². The number of Topliss-reactive ketones (excluding diaryl/α,β-unsaturated/α-hetero) is 1. The van der Waals surface area contributed by atoms with Crippen molar-refractivity contribution in [2.75, 3.05) is 13.2 Å². The summed E-state index contributed by atoms with van der Waals surface area (Å²) in [7, 11) is -2.01. The van der Waals surface area contributed by atoms with Crippen molar-refractivity contribution >= 4 is 20.0 Å². The van der Waals surface area contributed by atoms with E-state index in [1.165, 1.54) is 77.0 Å². The Morgan fingerprint density at radius 1 is 0.812 bits per heavy atom. The van der Waals surface area contributed by atoms with Crippen LogP contribution in [0.1, 0.15) is 170 Å². The summed E-state index contributed by atoms with van der Waals surface area (Å²) in [6, 6.07) is -0.539. The van der Waals surface area contributed by atoms with E-state index in [2.05, 4.69) is 60.0 Å². The van der Waals surface area contributed by atoms with Gasteiger partial charge in [0.25, 0.3) is 0 Å². The van der Waals surface area contributed by atoms with Gasteiger partial charge in [-0.1, -0.05) is 144 Å². The Kier molecular flexibility index (Phi) is 24.0. The lowest BCUT2D eigenvalue weighted by Gasteiger charge is -2.46. The molecule has 1 amide bonds. The predicted octanol–water partition coefficient (Wildman–Crippen LogP) is 10.8. The summed E-state index contributed by atoms with van der Waals surface area (Å²) < 4.78 is 25.8. The first-order chi connectivity index (χ1) is 22.9. The fourth-order valence-corrected chi connectivity index (χ4v) is 7.06. The summed E-state index contributed by atoms with van der Waals surface area (Å²) in [4.78, 5) is 26.1. The lowest BCUT2D eigenvalue weighted by Crippen LogP contribution is -2.63. The highest BCUT2D eigenvalue weighted by atomic mass is 28.4. The lowest BCUT2D eigenvalue weighted by molar-refractivity contribution is -0.244. The van der Waals surface area contributed by atoms with Gasteiger partial charge in [0.1, 0.15) is 11.8 Å². The Labute approximate surface area is 297 Å². The van der Waals surface area contributed by atoms with Crippen LogP contribution in [0.2, 0.25) is 18.1 Å². The number of carbonyl (C=O) groups excluding carboxylic acids is 2. The summed E-state index contributed by atoms with van der Waals surface area (Å²) >= 11 is 0. The summed E-state index contributed by atoms with van der Waals surface area (Å²) in [5.74, 6) is -0.345. The summed E-state index contributed by atoms with van der Waals surface area (Å²) in [5.41, 5.74) is 0. The first-order valence-electron chi connectivity index (χ1n) is 19.9. The Morgan fingerprint density at radius 3 is 1.85 bits per heavy atom. The van der Waals surface area contributed by atoms with Crippen LogP contribution >= 0.6 is 0 Å². The summed E-state index contributed by atoms with van der Waals surface area (Å²) in [6.45, 7) is 20.8. The molecule has 1 rings (SSSR count). The van der Waals surface area contributed by atoms with Gasteiger partial charge in [0, 0.05) is 18.9 Å². The molecule has 1 aliphatic rings. The van der Waals surface area contributed by atoms with E-state index >= 15 is 0 Å². The van der Waals surface area contributed by atoms with Crippen molar-refractivity contribution < 1.29 is 28.2 Å². The Hall–Kier alpha value is -1.22. The molecule has 0 aromatic rings. The van der Waals surface area contributed by atoms with E-state index in [1.807, 2.05) is 13.0 Å². The molecule has 0 aromatic heterocycles. The molecule has 0 aliphatic carbocycles. The summed E-state index contributed by atoms with van der Waals surface area (Å²) in [5, 5.41) is 3.20. The van der Waals surface area contributed by atoms with Gasteiger partial charge < -0.3 is 24.0 Å². The van der Waals surface area contributed by atoms with Gasteiger partial charge in [-0.25, -0.2) is 0 Å². The monoisotopic (exact) mass is 696 g/mol. The number of carbonyl (C=O) groups is 2. The highest BCUT2D eigenvalue weighted by Crippen LogP contribution is 2.38. The van der Waals surface area contributed by atoms with Crippen LogP contribution in [0.25, 0.3) is 0 Å². The third-order valence-corrected chi connectivity index (χ3v) is 14.9. The van der Waals surface area contributed by atoms with Gasteiger partial charge in [0.2, 0.25) is 12.2 Å². The first kappa shape index (κ1) is 44.8. The van der Waals surface area contributed by atoms with Gasteiger partial charge in [-0.3, -0.25) is 9.59 Å². The maximum absolute atomic E-state index is 13.3. The zero-order valence-corrected chi connectivity index (χ0v) is 33.8. The molecule has 1 fully saturated rings. The second-order valence-electron chi connectivity index (χ2n) is 15.8. The van der Waals surface area contributed by atoms with Crippen molar-refractivity contribution in [3.05, 3.63) is 12.3 Å². The van der Waals surface area contributed by atoms with E-state index < -0.39 is 20.6 Å². The van der Waals surface area contributed by atoms with Crippen molar-refractivity contribution in [1.82, 2.24) is 5.32 Å². The van der Waals surface area contributed by atoms with E-state index in [0.717, 1.165) is 32.1 Å². The lowest BCUT2D eigenvalue weighted by atomic mass is 9.89. The fourth-order valence-electron chi connectivity index (χ4n) is 6.04. The largest absolute Gasteiger partial charge is 0.471 e. The molecule has 0 saturated carbocycles. The SMILES string of the molecule is C/C=C\O[C@H]1O[C@H](CO[Si](C)(C)C(C)(C)C)[C@@H](C)[C@H](OCCCCCCCCCC)[C@H]1NC(=O)CC(=O)CCCCCCCCCCC. The summed E-state index contributed by atoms with van der Waals surface area (Å²) in [6.07, 6.45) is 23.0. The van der Waals surface area contributed by atoms with Gasteiger partial charge in [0.15, 0.2) is 8.32 Å². The standard InChI is InChI=1S/C40H77NO6Si/c1-10-13-15-17-19-21-22-24-26-28-34(42)31-36(43)41-37-38(44-30-27-25-23-20-18-16-14-11-2)33(4)35(47-39(37)45-29-12-3)32-46-48(8,9)40(5,6)7/h12,29,33,35,37-39H,10-11,13-28,30-32H2,1-9H3,(H,41,43)/b29-12-/t33-,35-,37-,38+,39+/m1/s1. The molecule has 8 heteroatoms. The van der Waals surface area contributed by atoms with Crippen molar-refractivity contribution in [2.45, 2.75) is 213 Å². The number of unbranched alkanes of at least 4 members (excludes halogenated alkanes) is 15. The average molecular weight is 696 g/mol. The van der Waals surface area contributed by atoms with Gasteiger partial charge in [-0.2, -0.15) is 0 Å². The number of rotatable bonds is 28. The van der Waals surface area contributed by atoms with E-state index in [0.29, 0.717) is 19.6 Å². The number of amides is 1. The Morgan fingerprint density at radius 2 is 1.33 bits per heavy atom. The van der Waals surface area contributed by atoms with E-state index in [1.54, 1.807) is 6.26 Å². The molecule has 0 aromatic carbocycles. The topological polar surface area (TPSA) is 83.1 Å². The quantitative estimate of drug-likeness (QED) is 0.0380. The highest BCUT2D eigenvalue weighted by Gasteiger charge is 2.47. The van der Waals surface area contributed by atoms with Gasteiger partial charge in [-0.05, 0) is 37.9 Å². The van der Waals surface area contributed by atoms with Crippen LogP contribution in [0.4, 0.5) is 0 Å². The molecule has 7 nitrogen and oxygen atoms in total. The van der Waals surface area contributed by atoms with Crippen LogP contribution < -0.4 is 5.32 Å². The maximum Gasteiger partial charge on any atom is 0.227 e. The molecular formula is C40H77NO6Si. The Bertz CT molecular complexity index is 872. The number of hydrogen-bond acceptors (Lipinski definition) is 6. The van der Waals surface area contributed by atoms with E-state index in [-0.39, 0.29) is 41.3 Å². The predicted molar refractivity (Wildman–Crippen MR) is 203 cm³/mol. The number of nitrogens with one attached hydrogen (secondary N) is 1. The molecule has 0 unspecified atom stereocenters. The molecular weight excluding hydrogens is 619 g/mol. The van der Waals surface area contributed by atoms with Crippen LogP contribution in [0.5, 0.6) is 0 Å². The van der Waals surface area contributed by atoms with Gasteiger partial charge in [0.05, 0.1) is 31.5 Å². The van der Waals surface area contributed by atoms with Crippen LogP contribution in [0.3, 0.4) is 0 Å². The minimum Gasteiger partial charge on any atom is -0.471 e. The van der Waals surface area contributed by atoms with Crippen LogP contribution in [0.15, 0.2) is 12.3 Å². The second-order valence-corrected chi connectivity index (χ2v) is 20.6. The van der Waals surface area contributed by atoms with Crippen LogP contribution in [-0.2, 0) is 28.2 Å². The molecule has 1 heterocycles. The number of ketones is 1. The van der Waals surface area contributed by atoms with Crippen molar-refractivity contribution in [2.24, 2.45) is 5.92 Å². The average Bonchev–Trinajstić information content (AvgIpc) is 3.02. The third-order valence-electron chi connectivity index (χ3n) is 10.4. The Balaban J connectivity index is 2.85. The van der Waals surface area contributed by atoms with Crippen molar-refractivity contribution in [3.8, 4) is 0 Å². The van der Waals surface area contributed by atoms with Crippen molar-refractivity contribution in [1.29, 1.82) is 0 Å². The molecule has 0 radical (unpaired) electrons. The van der Waals surface area contributed by atoms with E-state index in [9.17, 15) is 9.59 Å². The second kappa shape index (κ2) is 25.7. The molecule has 0 bridgehead atoms. The minimum atomic E-state index is -2.01. The molecule has 282 valence electrons. The first-order valence-corrected chi connectivity index (χ1v) is 22.8. The van der Waals surface area contributed by atoms with Crippen LogP contribution in [0, 0.1) is 5.92 Å². The smallest absolute Gasteiger partial charge is 0.227 e. The zero-order chi connectivity index (χ0) is 35.8. The molecule has 5 atom stereocenters.